The summed E-state index contributed by atoms with van der Waals surface area (Å²) in [6, 6.07) is 0. The fourth-order valence-corrected chi connectivity index (χ4v) is 7.54. The van der Waals surface area contributed by atoms with Crippen LogP contribution in [-0.4, -0.2) is 72.3 Å². The number of hydrogen-bond acceptors (Lipinski definition) is 11. The first-order chi connectivity index (χ1) is 11.7. The van der Waals surface area contributed by atoms with Crippen molar-refractivity contribution in [3.8, 4) is 0 Å². The summed E-state index contributed by atoms with van der Waals surface area (Å²) < 4.78 is 26.9. The van der Waals surface area contributed by atoms with Gasteiger partial charge in [0.05, 0.1) is 39.6 Å². The van der Waals surface area contributed by atoms with E-state index in [4.69, 9.17) is 66.4 Å². The fourth-order valence-electron chi connectivity index (χ4n) is 1.17. The largest absolute Gasteiger partial charge is 0.394 e. The molecule has 0 amide bonds. The lowest BCUT2D eigenvalue weighted by molar-refractivity contribution is -0.0388. The Hall–Kier alpha value is 0.940. The Morgan fingerprint density at radius 3 is 1.08 bits per heavy atom. The standard InChI is InChI=1S/C8H20O5P2S2.C4H10O4/c1-5-9-14(16,10-6-2)13-15(17,11-7-3)12-8-4;5-1-3(7)4(8)2-6/h5-8H2,1-4H3;3-8H,1-2H2. The zero-order valence-electron chi connectivity index (χ0n) is 14.9. The van der Waals surface area contributed by atoms with E-state index in [2.05, 4.69) is 0 Å². The maximum atomic E-state index is 8.47. The van der Waals surface area contributed by atoms with Gasteiger partial charge in [-0.15, -0.1) is 0 Å². The third kappa shape index (κ3) is 13.7. The molecule has 0 radical (unpaired) electrons. The van der Waals surface area contributed by atoms with Gasteiger partial charge in [0, 0.05) is 0 Å². The highest BCUT2D eigenvalue weighted by molar-refractivity contribution is 8.14. The molecule has 0 aromatic heterocycles. The predicted molar refractivity (Wildman–Crippen MR) is 102 cm³/mol. The highest BCUT2D eigenvalue weighted by Gasteiger charge is 2.31. The Labute approximate surface area is 159 Å². The first-order valence-corrected chi connectivity index (χ1v) is 12.9. The Balaban J connectivity index is 0. The van der Waals surface area contributed by atoms with Crippen LogP contribution in [0.5, 0.6) is 0 Å². The van der Waals surface area contributed by atoms with Crippen LogP contribution in [0.1, 0.15) is 27.7 Å². The van der Waals surface area contributed by atoms with E-state index in [0.29, 0.717) is 26.4 Å². The van der Waals surface area contributed by atoms with Gasteiger partial charge in [-0.05, 0) is 51.3 Å². The third-order valence-corrected chi connectivity index (χ3v) is 8.53. The minimum absolute atomic E-state index is 0.394. The van der Waals surface area contributed by atoms with E-state index in [9.17, 15) is 0 Å². The van der Waals surface area contributed by atoms with Crippen molar-refractivity contribution in [2.24, 2.45) is 0 Å². The molecule has 154 valence electrons. The van der Waals surface area contributed by atoms with Gasteiger partial charge in [-0.2, -0.15) is 0 Å². The maximum Gasteiger partial charge on any atom is 0.334 e. The van der Waals surface area contributed by atoms with Gasteiger partial charge in [0.1, 0.15) is 12.2 Å². The van der Waals surface area contributed by atoms with Crippen molar-refractivity contribution in [3.05, 3.63) is 0 Å². The van der Waals surface area contributed by atoms with Gasteiger partial charge < -0.3 is 38.5 Å². The molecule has 4 N–H and O–H groups in total. The summed E-state index contributed by atoms with van der Waals surface area (Å²) in [6.45, 7) is 2.03. The van der Waals surface area contributed by atoms with E-state index >= 15 is 0 Å². The molecule has 0 aliphatic rings. The third-order valence-electron chi connectivity index (χ3n) is 2.17. The zero-order valence-corrected chi connectivity index (χ0v) is 18.4. The van der Waals surface area contributed by atoms with Crippen LogP contribution >= 0.6 is 13.4 Å². The van der Waals surface area contributed by atoms with Crippen LogP contribution in [0.25, 0.3) is 0 Å². The van der Waals surface area contributed by atoms with Gasteiger partial charge in [-0.3, -0.25) is 0 Å². The average molecular weight is 444 g/mol. The van der Waals surface area contributed by atoms with E-state index in [1.54, 1.807) is 0 Å². The molecule has 0 fully saturated rings. The summed E-state index contributed by atoms with van der Waals surface area (Å²) in [7, 11) is 0. The van der Waals surface area contributed by atoms with Crippen molar-refractivity contribution in [2.75, 3.05) is 39.6 Å². The molecule has 0 heterocycles. The van der Waals surface area contributed by atoms with Crippen molar-refractivity contribution in [1.82, 2.24) is 0 Å². The number of aliphatic hydroxyl groups is 4. The van der Waals surface area contributed by atoms with Gasteiger partial charge >= 0.3 is 13.4 Å². The second-order valence-electron chi connectivity index (χ2n) is 4.15. The van der Waals surface area contributed by atoms with Gasteiger partial charge in [0.15, 0.2) is 0 Å². The molecule has 2 atom stereocenters. The fraction of sp³-hybridized carbons (Fsp3) is 1.00. The summed E-state index contributed by atoms with van der Waals surface area (Å²) in [5, 5.41) is 33.2. The van der Waals surface area contributed by atoms with E-state index in [1.165, 1.54) is 0 Å². The Bertz CT molecular complexity index is 358. The highest BCUT2D eigenvalue weighted by Crippen LogP contribution is 2.66. The van der Waals surface area contributed by atoms with Crippen LogP contribution in [0, 0.1) is 0 Å². The summed E-state index contributed by atoms with van der Waals surface area (Å²) in [5.74, 6) is 0. The summed E-state index contributed by atoms with van der Waals surface area (Å²) in [4.78, 5) is 0. The molecule has 0 aliphatic carbocycles. The summed E-state index contributed by atoms with van der Waals surface area (Å²) in [5.41, 5.74) is 0. The lowest BCUT2D eigenvalue weighted by Crippen LogP contribution is -2.31. The van der Waals surface area contributed by atoms with Crippen molar-refractivity contribution >= 4 is 37.1 Å². The van der Waals surface area contributed by atoms with Crippen molar-refractivity contribution < 1.29 is 42.8 Å². The molecule has 0 aromatic rings. The van der Waals surface area contributed by atoms with Gasteiger partial charge in [0.2, 0.25) is 0 Å². The number of hydrogen-bond donors (Lipinski definition) is 4. The smallest absolute Gasteiger partial charge is 0.334 e. The van der Waals surface area contributed by atoms with Crippen LogP contribution in [0.4, 0.5) is 0 Å². The minimum atomic E-state index is -2.87. The topological polar surface area (TPSA) is 127 Å². The van der Waals surface area contributed by atoms with Crippen LogP contribution in [0.15, 0.2) is 0 Å². The van der Waals surface area contributed by atoms with Gasteiger partial charge in [-0.25, -0.2) is 4.31 Å². The zero-order chi connectivity index (χ0) is 19.9. The molecule has 0 saturated heterocycles. The van der Waals surface area contributed by atoms with Crippen LogP contribution in [-0.2, 0) is 46.0 Å². The van der Waals surface area contributed by atoms with Crippen LogP contribution in [0.3, 0.4) is 0 Å². The van der Waals surface area contributed by atoms with Gasteiger partial charge in [-0.1, -0.05) is 0 Å². The lowest BCUT2D eigenvalue weighted by atomic mass is 10.2. The Kier molecular flexibility index (Phi) is 18.0. The van der Waals surface area contributed by atoms with Crippen molar-refractivity contribution in [3.63, 3.8) is 0 Å². The van der Waals surface area contributed by atoms with Crippen LogP contribution < -0.4 is 0 Å². The molecular weight excluding hydrogens is 414 g/mol. The normalized spacial score (nSPS) is 14.6. The maximum absolute atomic E-state index is 8.47. The predicted octanol–water partition coefficient (Wildman–Crippen LogP) is 1.29. The second kappa shape index (κ2) is 15.9. The van der Waals surface area contributed by atoms with Crippen molar-refractivity contribution in [2.45, 2.75) is 39.9 Å². The minimum Gasteiger partial charge on any atom is -0.394 e. The summed E-state index contributed by atoms with van der Waals surface area (Å²) >= 11 is 10.4. The van der Waals surface area contributed by atoms with E-state index in [-0.39, 0.29) is 0 Å². The lowest BCUT2D eigenvalue weighted by Gasteiger charge is -2.27. The molecule has 25 heavy (non-hydrogen) atoms. The van der Waals surface area contributed by atoms with Crippen molar-refractivity contribution in [1.29, 1.82) is 0 Å². The first-order valence-electron chi connectivity index (χ1n) is 7.74. The molecule has 9 nitrogen and oxygen atoms in total. The number of aliphatic hydroxyl groups excluding tert-OH is 4. The molecule has 0 saturated carbocycles. The molecule has 0 spiro atoms. The Morgan fingerprint density at radius 2 is 0.920 bits per heavy atom. The number of rotatable bonds is 13. The SMILES string of the molecule is CCOP(=S)(OCC)OP(=S)(OCC)OCC.OCC(O)C(O)CO. The van der Waals surface area contributed by atoms with Crippen LogP contribution in [0.2, 0.25) is 0 Å². The second-order valence-corrected chi connectivity index (χ2v) is 10.3. The highest BCUT2D eigenvalue weighted by atomic mass is 32.5. The molecule has 0 aliphatic heterocycles. The molecule has 2 unspecified atom stereocenters. The molecule has 0 aromatic carbocycles. The molecule has 0 bridgehead atoms. The Morgan fingerprint density at radius 1 is 0.680 bits per heavy atom. The monoisotopic (exact) mass is 444 g/mol. The molecule has 13 heteroatoms. The van der Waals surface area contributed by atoms with Gasteiger partial charge in [0.25, 0.3) is 0 Å². The van der Waals surface area contributed by atoms with E-state index < -0.39 is 38.9 Å². The quantitative estimate of drug-likeness (QED) is 0.307. The van der Waals surface area contributed by atoms with E-state index in [1.807, 2.05) is 27.7 Å². The molecule has 0 rings (SSSR count). The van der Waals surface area contributed by atoms with E-state index in [0.717, 1.165) is 0 Å². The molecular formula is C12H30O9P2S2. The first kappa shape index (κ1) is 28.2. The average Bonchev–Trinajstić information content (AvgIpc) is 2.54. The summed E-state index contributed by atoms with van der Waals surface area (Å²) in [6.07, 6.45) is -2.44.